The molecule has 1 aliphatic rings. The zero-order valence-electron chi connectivity index (χ0n) is 6.94. The van der Waals surface area contributed by atoms with Crippen molar-refractivity contribution in [3.05, 3.63) is 23.2 Å². The first-order valence-corrected chi connectivity index (χ1v) is 4.41. The first-order valence-electron chi connectivity index (χ1n) is 4.03. The third-order valence-electron chi connectivity index (χ3n) is 1.79. The Morgan fingerprint density at radius 1 is 1.31 bits per heavy atom. The minimum absolute atomic E-state index is 0.0986. The molecule has 2 heterocycles. The quantitative estimate of drug-likeness (QED) is 0.684. The summed E-state index contributed by atoms with van der Waals surface area (Å²) < 4.78 is 10.7. The van der Waals surface area contributed by atoms with Crippen LogP contribution in [0.3, 0.4) is 0 Å². The molecule has 0 bridgehead atoms. The van der Waals surface area contributed by atoms with Crippen LogP contribution in [0.25, 0.3) is 0 Å². The molecule has 1 aliphatic heterocycles. The zero-order chi connectivity index (χ0) is 9.10. The van der Waals surface area contributed by atoms with Crippen molar-refractivity contribution in [2.75, 3.05) is 19.8 Å². The molecule has 1 fully saturated rings. The van der Waals surface area contributed by atoms with Crippen molar-refractivity contribution >= 4 is 11.6 Å². The number of aromatic nitrogens is 2. The maximum atomic E-state index is 5.60. The first-order chi connectivity index (χ1) is 6.36. The van der Waals surface area contributed by atoms with Crippen LogP contribution in [-0.4, -0.2) is 29.8 Å². The van der Waals surface area contributed by atoms with Crippen LogP contribution >= 0.6 is 11.6 Å². The highest BCUT2D eigenvalue weighted by molar-refractivity contribution is 6.29. The number of nitrogens with zero attached hydrogens (tertiary/aromatic N) is 2. The Balaban J connectivity index is 2.10. The zero-order valence-corrected chi connectivity index (χ0v) is 7.70. The molecule has 1 saturated heterocycles. The van der Waals surface area contributed by atoms with E-state index in [1.165, 1.54) is 6.20 Å². The summed E-state index contributed by atoms with van der Waals surface area (Å²) in [5, 5.41) is 0.389. The SMILES string of the molecule is Clc1cnc(C2COCCO2)cn1. The van der Waals surface area contributed by atoms with Crippen molar-refractivity contribution in [1.29, 1.82) is 0 Å². The summed E-state index contributed by atoms with van der Waals surface area (Å²) in [7, 11) is 0. The lowest BCUT2D eigenvalue weighted by molar-refractivity contribution is -0.0919. The Kier molecular flexibility index (Phi) is 2.73. The molecule has 70 valence electrons. The summed E-state index contributed by atoms with van der Waals surface area (Å²) in [5.74, 6) is 0. The van der Waals surface area contributed by atoms with Crippen LogP contribution in [0.1, 0.15) is 11.8 Å². The average molecular weight is 201 g/mol. The van der Waals surface area contributed by atoms with Gasteiger partial charge in [-0.3, -0.25) is 4.98 Å². The number of ether oxygens (including phenoxy) is 2. The van der Waals surface area contributed by atoms with Gasteiger partial charge in [-0.2, -0.15) is 0 Å². The lowest BCUT2D eigenvalue weighted by Gasteiger charge is -2.21. The fourth-order valence-corrected chi connectivity index (χ4v) is 1.24. The highest BCUT2D eigenvalue weighted by Gasteiger charge is 2.17. The fraction of sp³-hybridized carbons (Fsp3) is 0.500. The molecule has 0 aliphatic carbocycles. The summed E-state index contributed by atoms with van der Waals surface area (Å²) in [6, 6.07) is 0. The molecule has 0 saturated carbocycles. The van der Waals surface area contributed by atoms with Crippen molar-refractivity contribution in [1.82, 2.24) is 9.97 Å². The molecule has 1 aromatic rings. The third-order valence-corrected chi connectivity index (χ3v) is 1.98. The maximum Gasteiger partial charge on any atom is 0.147 e. The summed E-state index contributed by atoms with van der Waals surface area (Å²) in [6.45, 7) is 1.79. The topological polar surface area (TPSA) is 44.2 Å². The van der Waals surface area contributed by atoms with E-state index in [4.69, 9.17) is 21.1 Å². The van der Waals surface area contributed by atoms with Gasteiger partial charge in [-0.25, -0.2) is 4.98 Å². The van der Waals surface area contributed by atoms with Gasteiger partial charge in [-0.15, -0.1) is 0 Å². The second-order valence-corrected chi connectivity index (χ2v) is 3.09. The van der Waals surface area contributed by atoms with Gasteiger partial charge in [0.15, 0.2) is 0 Å². The number of hydrogen-bond donors (Lipinski definition) is 0. The smallest absolute Gasteiger partial charge is 0.147 e. The van der Waals surface area contributed by atoms with E-state index in [-0.39, 0.29) is 6.10 Å². The van der Waals surface area contributed by atoms with Gasteiger partial charge in [0.2, 0.25) is 0 Å². The molecule has 0 amide bonds. The Bertz CT molecular complexity index is 272. The van der Waals surface area contributed by atoms with Crippen molar-refractivity contribution < 1.29 is 9.47 Å². The monoisotopic (exact) mass is 200 g/mol. The highest BCUT2D eigenvalue weighted by atomic mass is 35.5. The van der Waals surface area contributed by atoms with Gasteiger partial charge in [0.1, 0.15) is 11.3 Å². The lowest BCUT2D eigenvalue weighted by atomic mass is 10.2. The number of rotatable bonds is 1. The van der Waals surface area contributed by atoms with E-state index < -0.39 is 0 Å². The van der Waals surface area contributed by atoms with Crippen molar-refractivity contribution in [3.63, 3.8) is 0 Å². The van der Waals surface area contributed by atoms with Crippen LogP contribution in [-0.2, 0) is 9.47 Å². The van der Waals surface area contributed by atoms with E-state index in [2.05, 4.69) is 9.97 Å². The molecule has 1 atom stereocenters. The third kappa shape index (κ3) is 2.15. The van der Waals surface area contributed by atoms with Gasteiger partial charge in [0.05, 0.1) is 37.9 Å². The van der Waals surface area contributed by atoms with Crippen molar-refractivity contribution in [2.45, 2.75) is 6.10 Å². The van der Waals surface area contributed by atoms with Crippen LogP contribution in [0.15, 0.2) is 12.4 Å². The minimum Gasteiger partial charge on any atom is -0.376 e. The van der Waals surface area contributed by atoms with Crippen LogP contribution in [0.2, 0.25) is 5.15 Å². The average Bonchev–Trinajstić information content (AvgIpc) is 2.20. The summed E-state index contributed by atoms with van der Waals surface area (Å²) in [5.41, 5.74) is 0.768. The predicted octanol–water partition coefficient (Wildman–Crippen LogP) is 1.22. The molecule has 5 heteroatoms. The highest BCUT2D eigenvalue weighted by Crippen LogP contribution is 2.18. The number of halogens is 1. The molecular weight excluding hydrogens is 192 g/mol. The summed E-state index contributed by atoms with van der Waals surface area (Å²) >= 11 is 5.60. The van der Waals surface area contributed by atoms with Gasteiger partial charge < -0.3 is 9.47 Å². The van der Waals surface area contributed by atoms with Crippen LogP contribution in [0, 0.1) is 0 Å². The lowest BCUT2D eigenvalue weighted by Crippen LogP contribution is -2.22. The molecule has 4 nitrogen and oxygen atoms in total. The van der Waals surface area contributed by atoms with Crippen molar-refractivity contribution in [2.24, 2.45) is 0 Å². The molecule has 2 rings (SSSR count). The molecule has 0 radical (unpaired) electrons. The Morgan fingerprint density at radius 2 is 2.23 bits per heavy atom. The van der Waals surface area contributed by atoms with Gasteiger partial charge >= 0.3 is 0 Å². The maximum absolute atomic E-state index is 5.60. The molecule has 13 heavy (non-hydrogen) atoms. The van der Waals surface area contributed by atoms with E-state index in [0.29, 0.717) is 25.0 Å². The Hall–Kier alpha value is -0.710. The number of hydrogen-bond acceptors (Lipinski definition) is 4. The second kappa shape index (κ2) is 4.00. The van der Waals surface area contributed by atoms with Crippen LogP contribution in [0.5, 0.6) is 0 Å². The van der Waals surface area contributed by atoms with E-state index >= 15 is 0 Å². The molecule has 1 aromatic heterocycles. The van der Waals surface area contributed by atoms with E-state index in [1.54, 1.807) is 6.20 Å². The van der Waals surface area contributed by atoms with E-state index in [0.717, 1.165) is 5.69 Å². The van der Waals surface area contributed by atoms with Gasteiger partial charge in [-0.05, 0) is 0 Å². The standard InChI is InChI=1S/C8H9ClN2O2/c9-8-4-10-6(3-11-8)7-5-12-1-2-13-7/h3-4,7H,1-2,5H2. The molecule has 0 aromatic carbocycles. The van der Waals surface area contributed by atoms with Crippen LogP contribution < -0.4 is 0 Å². The molecule has 1 unspecified atom stereocenters. The van der Waals surface area contributed by atoms with E-state index in [9.17, 15) is 0 Å². The Labute approximate surface area is 80.9 Å². The molecule has 0 spiro atoms. The summed E-state index contributed by atoms with van der Waals surface area (Å²) in [4.78, 5) is 8.02. The fourth-order valence-electron chi connectivity index (χ4n) is 1.15. The summed E-state index contributed by atoms with van der Waals surface area (Å²) in [6.07, 6.45) is 3.02. The minimum atomic E-state index is -0.0986. The first kappa shape index (κ1) is 8.87. The predicted molar refractivity (Wildman–Crippen MR) is 46.6 cm³/mol. The van der Waals surface area contributed by atoms with Crippen molar-refractivity contribution in [3.8, 4) is 0 Å². The normalized spacial score (nSPS) is 23.0. The van der Waals surface area contributed by atoms with Gasteiger partial charge in [-0.1, -0.05) is 11.6 Å². The van der Waals surface area contributed by atoms with Gasteiger partial charge in [0.25, 0.3) is 0 Å². The van der Waals surface area contributed by atoms with E-state index in [1.807, 2.05) is 0 Å². The van der Waals surface area contributed by atoms with Gasteiger partial charge in [0, 0.05) is 0 Å². The second-order valence-electron chi connectivity index (χ2n) is 2.70. The largest absolute Gasteiger partial charge is 0.376 e. The van der Waals surface area contributed by atoms with Crippen LogP contribution in [0.4, 0.5) is 0 Å². The molecule has 0 N–H and O–H groups in total. The Morgan fingerprint density at radius 3 is 2.85 bits per heavy atom. The molecular formula is C8H9ClN2O2.